The number of carbonyl (C=O) groups excluding carboxylic acids is 1. The van der Waals surface area contributed by atoms with Gasteiger partial charge in [0, 0.05) is 15.6 Å². The molecule has 0 aromatic heterocycles. The van der Waals surface area contributed by atoms with Gasteiger partial charge in [0.25, 0.3) is 0 Å². The van der Waals surface area contributed by atoms with Gasteiger partial charge in [-0.1, -0.05) is 41.4 Å². The van der Waals surface area contributed by atoms with Crippen LogP contribution in [0.15, 0.2) is 36.4 Å². The lowest BCUT2D eigenvalue weighted by Gasteiger charge is -2.10. The van der Waals surface area contributed by atoms with Crippen molar-refractivity contribution in [2.75, 3.05) is 0 Å². The second kappa shape index (κ2) is 6.29. The van der Waals surface area contributed by atoms with E-state index in [4.69, 9.17) is 27.9 Å². The van der Waals surface area contributed by atoms with Crippen molar-refractivity contribution in [2.45, 2.75) is 20.3 Å². The predicted molar refractivity (Wildman–Crippen MR) is 81.7 cm³/mol. The average molecular weight is 309 g/mol. The monoisotopic (exact) mass is 308 g/mol. The van der Waals surface area contributed by atoms with Gasteiger partial charge in [-0.2, -0.15) is 0 Å². The topological polar surface area (TPSA) is 26.3 Å². The molecule has 20 heavy (non-hydrogen) atoms. The van der Waals surface area contributed by atoms with E-state index in [2.05, 4.69) is 0 Å². The summed E-state index contributed by atoms with van der Waals surface area (Å²) in [7, 11) is 0. The van der Waals surface area contributed by atoms with E-state index in [9.17, 15) is 4.79 Å². The zero-order valence-corrected chi connectivity index (χ0v) is 12.8. The second-order valence-corrected chi connectivity index (χ2v) is 5.43. The van der Waals surface area contributed by atoms with E-state index in [0.29, 0.717) is 21.4 Å². The number of carbonyl (C=O) groups is 1. The molecule has 2 aromatic rings. The minimum absolute atomic E-state index is 0.0475. The Kier molecular flexibility index (Phi) is 4.69. The van der Waals surface area contributed by atoms with Crippen molar-refractivity contribution in [1.29, 1.82) is 0 Å². The minimum Gasteiger partial charge on any atom is -0.426 e. The van der Waals surface area contributed by atoms with Crippen molar-refractivity contribution >= 4 is 29.2 Å². The van der Waals surface area contributed by atoms with E-state index in [1.807, 2.05) is 32.0 Å². The van der Waals surface area contributed by atoms with Crippen molar-refractivity contribution in [2.24, 2.45) is 0 Å². The summed E-state index contributed by atoms with van der Waals surface area (Å²) in [6.45, 7) is 3.84. The van der Waals surface area contributed by atoms with Gasteiger partial charge < -0.3 is 4.74 Å². The molecule has 0 aliphatic rings. The first-order chi connectivity index (χ1) is 9.47. The number of aryl methyl sites for hydroxylation is 2. The Hall–Kier alpha value is -1.51. The van der Waals surface area contributed by atoms with Gasteiger partial charge in [0.15, 0.2) is 0 Å². The Morgan fingerprint density at radius 3 is 2.40 bits per heavy atom. The summed E-state index contributed by atoms with van der Waals surface area (Å²) in [6.07, 6.45) is 0.0475. The van der Waals surface area contributed by atoms with E-state index < -0.39 is 0 Å². The van der Waals surface area contributed by atoms with Crippen LogP contribution in [-0.2, 0) is 11.2 Å². The smallest absolute Gasteiger partial charge is 0.315 e. The molecule has 0 amide bonds. The molecule has 0 N–H and O–H groups in total. The first kappa shape index (κ1) is 14.9. The average Bonchev–Trinajstić information content (AvgIpc) is 2.38. The maximum Gasteiger partial charge on any atom is 0.315 e. The van der Waals surface area contributed by atoms with Crippen LogP contribution in [0.4, 0.5) is 0 Å². The largest absolute Gasteiger partial charge is 0.426 e. The molecule has 0 spiro atoms. The summed E-state index contributed by atoms with van der Waals surface area (Å²) in [6, 6.07) is 10.9. The van der Waals surface area contributed by atoms with Gasteiger partial charge in [0.1, 0.15) is 5.75 Å². The van der Waals surface area contributed by atoms with Gasteiger partial charge in [0.2, 0.25) is 0 Å². The Morgan fingerprint density at radius 2 is 1.75 bits per heavy atom. The van der Waals surface area contributed by atoms with E-state index in [1.54, 1.807) is 18.2 Å². The lowest BCUT2D eigenvalue weighted by molar-refractivity contribution is -0.133. The Labute approximate surface area is 128 Å². The van der Waals surface area contributed by atoms with Crippen molar-refractivity contribution in [3.05, 3.63) is 63.1 Å². The summed E-state index contributed by atoms with van der Waals surface area (Å²) in [5.41, 5.74) is 2.54. The third-order valence-electron chi connectivity index (χ3n) is 2.95. The number of benzene rings is 2. The van der Waals surface area contributed by atoms with Crippen molar-refractivity contribution in [3.63, 3.8) is 0 Å². The molecule has 0 heterocycles. The van der Waals surface area contributed by atoms with Crippen LogP contribution >= 0.6 is 23.2 Å². The van der Waals surface area contributed by atoms with E-state index >= 15 is 0 Å². The Bertz CT molecular complexity index is 631. The lowest BCUT2D eigenvalue weighted by Crippen LogP contribution is -2.12. The Morgan fingerprint density at radius 1 is 1.10 bits per heavy atom. The summed E-state index contributed by atoms with van der Waals surface area (Å²) < 4.78 is 5.38. The normalized spacial score (nSPS) is 10.4. The first-order valence-electron chi connectivity index (χ1n) is 6.18. The molecule has 0 aliphatic carbocycles. The highest BCUT2D eigenvalue weighted by Crippen LogP contribution is 2.26. The third kappa shape index (κ3) is 3.53. The lowest BCUT2D eigenvalue weighted by atomic mass is 10.1. The highest BCUT2D eigenvalue weighted by Gasteiger charge is 2.13. The van der Waals surface area contributed by atoms with Crippen LogP contribution < -0.4 is 4.74 Å². The summed E-state index contributed by atoms with van der Waals surface area (Å²) in [5, 5.41) is 0.936. The molecule has 4 heteroatoms. The number of hydrogen-bond acceptors (Lipinski definition) is 2. The minimum atomic E-state index is -0.381. The number of rotatable bonds is 3. The molecule has 0 atom stereocenters. The first-order valence-corrected chi connectivity index (χ1v) is 6.94. The molecule has 0 radical (unpaired) electrons. The number of esters is 1. The number of halogens is 2. The SMILES string of the molecule is Cc1ccc(C)c(OC(=O)Cc2c(Cl)cccc2Cl)c1. The maximum absolute atomic E-state index is 12.0. The predicted octanol–water partition coefficient (Wildman–Crippen LogP) is 4.76. The summed E-state index contributed by atoms with van der Waals surface area (Å²) in [4.78, 5) is 12.0. The van der Waals surface area contributed by atoms with E-state index in [-0.39, 0.29) is 12.4 Å². The molecule has 0 aliphatic heterocycles. The van der Waals surface area contributed by atoms with Crippen LogP contribution in [0, 0.1) is 13.8 Å². The molecule has 0 saturated carbocycles. The molecular formula is C16H14Cl2O2. The maximum atomic E-state index is 12.0. The number of ether oxygens (including phenoxy) is 1. The fourth-order valence-electron chi connectivity index (χ4n) is 1.82. The van der Waals surface area contributed by atoms with E-state index in [0.717, 1.165) is 11.1 Å². The van der Waals surface area contributed by atoms with Crippen molar-refractivity contribution in [3.8, 4) is 5.75 Å². The molecule has 2 nitrogen and oxygen atoms in total. The fraction of sp³-hybridized carbons (Fsp3) is 0.188. The molecule has 0 unspecified atom stereocenters. The molecule has 2 rings (SSSR count). The molecular weight excluding hydrogens is 295 g/mol. The van der Waals surface area contributed by atoms with Crippen LogP contribution in [0.1, 0.15) is 16.7 Å². The molecule has 0 saturated heterocycles. The van der Waals surface area contributed by atoms with Crippen LogP contribution in [0.3, 0.4) is 0 Å². The molecule has 2 aromatic carbocycles. The molecule has 0 fully saturated rings. The molecule has 0 bridgehead atoms. The number of hydrogen-bond donors (Lipinski definition) is 0. The highest BCUT2D eigenvalue weighted by molar-refractivity contribution is 6.36. The standard InChI is InChI=1S/C16H14Cl2O2/c1-10-6-7-11(2)15(8-10)20-16(19)9-12-13(17)4-3-5-14(12)18/h3-8H,9H2,1-2H3. The van der Waals surface area contributed by atoms with Gasteiger partial charge in [0.05, 0.1) is 6.42 Å². The molecule has 104 valence electrons. The van der Waals surface area contributed by atoms with Gasteiger partial charge in [-0.15, -0.1) is 0 Å². The third-order valence-corrected chi connectivity index (χ3v) is 3.66. The van der Waals surface area contributed by atoms with E-state index in [1.165, 1.54) is 0 Å². The van der Waals surface area contributed by atoms with Crippen molar-refractivity contribution in [1.82, 2.24) is 0 Å². The van der Waals surface area contributed by atoms with Crippen molar-refractivity contribution < 1.29 is 9.53 Å². The fourth-order valence-corrected chi connectivity index (χ4v) is 2.35. The van der Waals surface area contributed by atoms with Crippen LogP contribution in [0.2, 0.25) is 10.0 Å². The zero-order valence-electron chi connectivity index (χ0n) is 11.2. The van der Waals surface area contributed by atoms with Crippen LogP contribution in [0.25, 0.3) is 0 Å². The van der Waals surface area contributed by atoms with Gasteiger partial charge >= 0.3 is 5.97 Å². The van der Waals surface area contributed by atoms with Crippen LogP contribution in [-0.4, -0.2) is 5.97 Å². The van der Waals surface area contributed by atoms with Gasteiger partial charge in [-0.05, 0) is 43.2 Å². The highest BCUT2D eigenvalue weighted by atomic mass is 35.5. The summed E-state index contributed by atoms with van der Waals surface area (Å²) >= 11 is 12.1. The van der Waals surface area contributed by atoms with Gasteiger partial charge in [-0.3, -0.25) is 4.79 Å². The second-order valence-electron chi connectivity index (χ2n) is 4.62. The quantitative estimate of drug-likeness (QED) is 0.603. The van der Waals surface area contributed by atoms with Crippen LogP contribution in [0.5, 0.6) is 5.75 Å². The zero-order chi connectivity index (χ0) is 14.7. The Balaban J connectivity index is 2.15. The van der Waals surface area contributed by atoms with Gasteiger partial charge in [-0.25, -0.2) is 0 Å². The summed E-state index contributed by atoms with van der Waals surface area (Å²) in [5.74, 6) is 0.187.